The highest BCUT2D eigenvalue weighted by molar-refractivity contribution is 5.91. The molecule has 0 spiro atoms. The minimum Gasteiger partial charge on any atom is -0.447 e. The van der Waals surface area contributed by atoms with Crippen molar-refractivity contribution in [3.05, 3.63) is 53.2 Å². The molecular weight excluding hydrogens is 352 g/mol. The van der Waals surface area contributed by atoms with Gasteiger partial charge in [0.05, 0.1) is 6.54 Å². The lowest BCUT2D eigenvalue weighted by Gasteiger charge is -2.31. The van der Waals surface area contributed by atoms with Crippen LogP contribution in [0.15, 0.2) is 28.9 Å². The highest BCUT2D eigenvalue weighted by atomic mass is 19.1. The Morgan fingerprint density at radius 1 is 1.22 bits per heavy atom. The molecule has 1 aromatic heterocycles. The third-order valence-electron chi connectivity index (χ3n) is 4.86. The maximum absolute atomic E-state index is 14.1. The molecule has 0 saturated carbocycles. The van der Waals surface area contributed by atoms with Gasteiger partial charge in [-0.05, 0) is 25.8 Å². The first-order chi connectivity index (χ1) is 12.7. The van der Waals surface area contributed by atoms with E-state index in [1.807, 2.05) is 18.7 Å². The fraction of sp³-hybridized carbons (Fsp3) is 0.500. The Labute approximate surface area is 159 Å². The van der Waals surface area contributed by atoms with Crippen molar-refractivity contribution in [1.29, 1.82) is 0 Å². The van der Waals surface area contributed by atoms with Gasteiger partial charge in [0.25, 0.3) is 5.91 Å². The van der Waals surface area contributed by atoms with Crippen molar-refractivity contribution in [2.24, 2.45) is 5.92 Å². The van der Waals surface area contributed by atoms with Crippen molar-refractivity contribution in [3.63, 3.8) is 0 Å². The van der Waals surface area contributed by atoms with E-state index in [1.165, 1.54) is 18.4 Å². The first kappa shape index (κ1) is 21.0. The maximum Gasteiger partial charge on any atom is 0.275 e. The minimum atomic E-state index is -0.601. The summed E-state index contributed by atoms with van der Waals surface area (Å²) in [5, 5.41) is 0. The molecule has 0 fully saturated rings. The molecule has 0 saturated heterocycles. The summed E-state index contributed by atoms with van der Waals surface area (Å²) in [7, 11) is 1.70. The molecular formula is C20H27F2N3O2. The summed E-state index contributed by atoms with van der Waals surface area (Å²) >= 11 is 0. The average molecular weight is 379 g/mol. The first-order valence-corrected chi connectivity index (χ1v) is 9.10. The molecule has 0 aliphatic heterocycles. The van der Waals surface area contributed by atoms with Gasteiger partial charge >= 0.3 is 0 Å². The van der Waals surface area contributed by atoms with Gasteiger partial charge in [-0.25, -0.2) is 13.8 Å². The van der Waals surface area contributed by atoms with Gasteiger partial charge in [0.1, 0.15) is 17.9 Å². The second-order valence-electron chi connectivity index (χ2n) is 7.07. The number of rotatable bonds is 8. The van der Waals surface area contributed by atoms with Crippen molar-refractivity contribution in [2.75, 3.05) is 13.6 Å². The Hall–Kier alpha value is -2.28. The topological polar surface area (TPSA) is 49.6 Å². The molecule has 1 unspecified atom stereocenters. The quantitative estimate of drug-likeness (QED) is 0.693. The number of halogens is 2. The Morgan fingerprint density at radius 2 is 1.93 bits per heavy atom. The van der Waals surface area contributed by atoms with Gasteiger partial charge in [-0.15, -0.1) is 0 Å². The number of benzene rings is 1. The smallest absolute Gasteiger partial charge is 0.275 e. The number of carbonyl (C=O) groups excluding carboxylic acids is 1. The average Bonchev–Trinajstić information content (AvgIpc) is 3.09. The zero-order valence-corrected chi connectivity index (χ0v) is 16.5. The number of nitrogens with zero attached hydrogens (tertiary/aromatic N) is 3. The van der Waals surface area contributed by atoms with Gasteiger partial charge in [-0.2, -0.15) is 0 Å². The molecule has 7 heteroatoms. The number of hydrogen-bond acceptors (Lipinski definition) is 4. The molecule has 5 nitrogen and oxygen atoms in total. The van der Waals surface area contributed by atoms with Crippen molar-refractivity contribution < 1.29 is 18.0 Å². The zero-order chi connectivity index (χ0) is 20.1. The van der Waals surface area contributed by atoms with Crippen LogP contribution < -0.4 is 0 Å². The second-order valence-corrected chi connectivity index (χ2v) is 7.07. The van der Waals surface area contributed by atoms with Gasteiger partial charge in [-0.1, -0.05) is 19.9 Å². The van der Waals surface area contributed by atoms with Crippen LogP contribution in [0.4, 0.5) is 8.78 Å². The summed E-state index contributed by atoms with van der Waals surface area (Å²) in [6, 6.07) is 3.68. The Morgan fingerprint density at radius 3 is 2.52 bits per heavy atom. The zero-order valence-electron chi connectivity index (χ0n) is 16.5. The normalized spacial score (nSPS) is 12.6. The van der Waals surface area contributed by atoms with Gasteiger partial charge in [0, 0.05) is 37.8 Å². The molecule has 0 radical (unpaired) electrons. The van der Waals surface area contributed by atoms with Gasteiger partial charge in [0.15, 0.2) is 5.69 Å². The molecule has 0 bridgehead atoms. The lowest BCUT2D eigenvalue weighted by Crippen LogP contribution is -2.36. The van der Waals surface area contributed by atoms with E-state index in [1.54, 1.807) is 11.9 Å². The van der Waals surface area contributed by atoms with Crippen molar-refractivity contribution >= 4 is 5.91 Å². The summed E-state index contributed by atoms with van der Waals surface area (Å²) < 4.78 is 32.7. The van der Waals surface area contributed by atoms with Gasteiger partial charge < -0.3 is 9.32 Å². The van der Waals surface area contributed by atoms with Crippen LogP contribution in [0.1, 0.15) is 49.6 Å². The fourth-order valence-corrected chi connectivity index (χ4v) is 2.63. The molecule has 1 heterocycles. The molecule has 1 amide bonds. The second kappa shape index (κ2) is 9.08. The summed E-state index contributed by atoms with van der Waals surface area (Å²) in [4.78, 5) is 20.0. The third kappa shape index (κ3) is 5.35. The minimum absolute atomic E-state index is 0.0961. The predicted molar refractivity (Wildman–Crippen MR) is 99.0 cm³/mol. The monoisotopic (exact) mass is 379 g/mol. The van der Waals surface area contributed by atoms with Crippen molar-refractivity contribution in [3.8, 4) is 0 Å². The number of amides is 1. The molecule has 0 aliphatic rings. The molecule has 148 valence electrons. The summed E-state index contributed by atoms with van der Waals surface area (Å²) in [5.41, 5.74) is 0.650. The van der Waals surface area contributed by atoms with Crippen LogP contribution >= 0.6 is 0 Å². The summed E-state index contributed by atoms with van der Waals surface area (Å²) in [6.45, 7) is 9.22. The molecule has 2 rings (SSSR count). The lowest BCUT2D eigenvalue weighted by molar-refractivity contribution is 0.0796. The molecule has 0 aliphatic carbocycles. The fourth-order valence-electron chi connectivity index (χ4n) is 2.63. The van der Waals surface area contributed by atoms with E-state index in [-0.39, 0.29) is 24.2 Å². The van der Waals surface area contributed by atoms with E-state index in [0.717, 1.165) is 6.07 Å². The van der Waals surface area contributed by atoms with Crippen LogP contribution in [0.2, 0.25) is 0 Å². The SMILES string of the molecule is CCN(C)C(=O)c1coc(CN(Cc2ccc(F)cc2F)C(C)C(C)C)n1. The van der Waals surface area contributed by atoms with Gasteiger partial charge in [-0.3, -0.25) is 9.69 Å². The van der Waals surface area contributed by atoms with E-state index in [4.69, 9.17) is 4.42 Å². The van der Waals surface area contributed by atoms with Crippen LogP contribution in [0.25, 0.3) is 0 Å². The van der Waals surface area contributed by atoms with E-state index in [0.29, 0.717) is 30.5 Å². The number of aromatic nitrogens is 1. The maximum atomic E-state index is 14.1. The lowest BCUT2D eigenvalue weighted by atomic mass is 10.0. The highest BCUT2D eigenvalue weighted by Crippen LogP contribution is 2.20. The Bertz CT molecular complexity index is 776. The van der Waals surface area contributed by atoms with Gasteiger partial charge in [0.2, 0.25) is 5.89 Å². The van der Waals surface area contributed by atoms with Crippen molar-refractivity contribution in [1.82, 2.24) is 14.8 Å². The number of hydrogen-bond donors (Lipinski definition) is 0. The van der Waals surface area contributed by atoms with Crippen LogP contribution in [-0.2, 0) is 13.1 Å². The molecule has 2 aromatic rings. The summed E-state index contributed by atoms with van der Waals surface area (Å²) in [5.74, 6) is -0.700. The third-order valence-corrected chi connectivity index (χ3v) is 4.86. The van der Waals surface area contributed by atoms with Crippen LogP contribution in [0, 0.1) is 17.6 Å². The molecule has 1 aromatic carbocycles. The molecule has 1 atom stereocenters. The largest absolute Gasteiger partial charge is 0.447 e. The van der Waals surface area contributed by atoms with E-state index in [2.05, 4.69) is 18.8 Å². The summed E-state index contributed by atoms with van der Waals surface area (Å²) in [6.07, 6.45) is 1.35. The first-order valence-electron chi connectivity index (χ1n) is 9.10. The standard InChI is InChI=1S/C20H27F2N3O2/c1-6-24(5)20(26)18-12-27-19(23-18)11-25(14(4)13(2)3)10-15-7-8-16(21)9-17(15)22/h7-9,12-14H,6,10-11H2,1-5H3. The Balaban J connectivity index is 2.20. The van der Waals surface area contributed by atoms with E-state index in [9.17, 15) is 13.6 Å². The highest BCUT2D eigenvalue weighted by Gasteiger charge is 2.23. The Kier molecular flexibility index (Phi) is 7.07. The van der Waals surface area contributed by atoms with E-state index >= 15 is 0 Å². The number of carbonyl (C=O) groups is 1. The molecule has 0 N–H and O–H groups in total. The van der Waals surface area contributed by atoms with Crippen molar-refractivity contribution in [2.45, 2.75) is 46.8 Å². The molecule has 27 heavy (non-hydrogen) atoms. The number of oxazole rings is 1. The van der Waals surface area contributed by atoms with Crippen LogP contribution in [-0.4, -0.2) is 40.3 Å². The van der Waals surface area contributed by atoms with Crippen LogP contribution in [0.3, 0.4) is 0 Å². The van der Waals surface area contributed by atoms with E-state index < -0.39 is 11.6 Å². The van der Waals surface area contributed by atoms with Crippen LogP contribution in [0.5, 0.6) is 0 Å². The predicted octanol–water partition coefficient (Wildman–Crippen LogP) is 4.09.